The van der Waals surface area contributed by atoms with Gasteiger partial charge in [0.15, 0.2) is 11.6 Å². The van der Waals surface area contributed by atoms with Gasteiger partial charge in [0.2, 0.25) is 5.88 Å². The molecule has 0 saturated carbocycles. The lowest BCUT2D eigenvalue weighted by atomic mass is 10.1. The zero-order valence-electron chi connectivity index (χ0n) is 20.1. The van der Waals surface area contributed by atoms with E-state index in [9.17, 15) is 9.18 Å². The second-order valence-corrected chi connectivity index (χ2v) is 9.61. The van der Waals surface area contributed by atoms with Crippen molar-refractivity contribution in [1.29, 1.82) is 0 Å². The van der Waals surface area contributed by atoms with Gasteiger partial charge >= 0.3 is 0 Å². The molecule has 0 aliphatic carbocycles. The second-order valence-electron chi connectivity index (χ2n) is 8.66. The van der Waals surface area contributed by atoms with Crippen molar-refractivity contribution >= 4 is 17.2 Å². The Bertz CT molecular complexity index is 1300. The summed E-state index contributed by atoms with van der Waals surface area (Å²) in [6.45, 7) is 3.46. The van der Waals surface area contributed by atoms with Crippen LogP contribution in [-0.4, -0.2) is 39.8 Å². The van der Waals surface area contributed by atoms with Crippen LogP contribution in [0, 0.1) is 5.82 Å². The first-order valence-corrected chi connectivity index (χ1v) is 13.0. The molecule has 2 aromatic carbocycles. The molecule has 0 N–H and O–H groups in total. The van der Waals surface area contributed by atoms with Gasteiger partial charge in [-0.15, -0.1) is 11.3 Å². The first-order valence-electron chi connectivity index (χ1n) is 12.2. The summed E-state index contributed by atoms with van der Waals surface area (Å²) in [6, 6.07) is 19.6. The minimum absolute atomic E-state index is 0.0147. The first-order chi connectivity index (χ1) is 17.6. The highest BCUT2D eigenvalue weighted by molar-refractivity contribution is 7.12. The topological polar surface area (TPSA) is 56.6 Å². The zero-order chi connectivity index (χ0) is 24.9. The number of para-hydroxylation sites is 2. The molecule has 5 rings (SSSR count). The highest BCUT2D eigenvalue weighted by atomic mass is 32.1. The summed E-state index contributed by atoms with van der Waals surface area (Å²) >= 11 is 1.41. The zero-order valence-corrected chi connectivity index (χ0v) is 20.9. The highest BCUT2D eigenvalue weighted by Gasteiger charge is 2.29. The van der Waals surface area contributed by atoms with Crippen molar-refractivity contribution < 1.29 is 18.7 Å². The van der Waals surface area contributed by atoms with Crippen LogP contribution >= 0.6 is 11.3 Å². The molecule has 0 radical (unpaired) electrons. The number of rotatable bonds is 9. The van der Waals surface area contributed by atoms with E-state index in [1.165, 1.54) is 17.4 Å². The fourth-order valence-corrected chi connectivity index (χ4v) is 5.09. The van der Waals surface area contributed by atoms with E-state index in [0.29, 0.717) is 30.3 Å². The molecule has 36 heavy (non-hydrogen) atoms. The maximum absolute atomic E-state index is 14.6. The molecular weight excluding hydrogens is 477 g/mol. The van der Waals surface area contributed by atoms with Crippen molar-refractivity contribution in [2.75, 3.05) is 13.2 Å². The van der Waals surface area contributed by atoms with Crippen molar-refractivity contribution in [3.8, 4) is 17.3 Å². The number of carbonyl (C=O) groups is 1. The van der Waals surface area contributed by atoms with Crippen LogP contribution in [0.25, 0.3) is 5.69 Å². The SMILES string of the molecule is CCc1nn(-c2ccccc2)c(Oc2ccccc2F)c1CN(CC1CCCO1)C(=O)c1cccs1. The van der Waals surface area contributed by atoms with Gasteiger partial charge in [0, 0.05) is 13.2 Å². The van der Waals surface area contributed by atoms with E-state index >= 15 is 0 Å². The average Bonchev–Trinajstić information content (AvgIpc) is 3.68. The van der Waals surface area contributed by atoms with Gasteiger partial charge < -0.3 is 14.4 Å². The van der Waals surface area contributed by atoms with E-state index in [4.69, 9.17) is 14.6 Å². The predicted octanol–water partition coefficient (Wildman–Crippen LogP) is 6.25. The Labute approximate surface area is 213 Å². The van der Waals surface area contributed by atoms with Crippen LogP contribution in [-0.2, 0) is 17.7 Å². The van der Waals surface area contributed by atoms with Crippen LogP contribution in [0.15, 0.2) is 72.1 Å². The second kappa shape index (κ2) is 11.1. The van der Waals surface area contributed by atoms with E-state index in [2.05, 4.69) is 0 Å². The van der Waals surface area contributed by atoms with E-state index in [-0.39, 0.29) is 24.3 Å². The fraction of sp³-hybridized carbons (Fsp3) is 0.286. The number of aryl methyl sites for hydroxylation is 1. The number of benzene rings is 2. The molecule has 186 valence electrons. The Morgan fingerprint density at radius 3 is 2.67 bits per heavy atom. The molecule has 1 aliphatic heterocycles. The third-order valence-corrected chi connectivity index (χ3v) is 7.07. The number of halogens is 1. The van der Waals surface area contributed by atoms with Gasteiger partial charge in [0.25, 0.3) is 5.91 Å². The Kier molecular flexibility index (Phi) is 7.44. The molecule has 8 heteroatoms. The van der Waals surface area contributed by atoms with Gasteiger partial charge in [0.05, 0.1) is 34.5 Å². The van der Waals surface area contributed by atoms with Crippen LogP contribution in [0.3, 0.4) is 0 Å². The summed E-state index contributed by atoms with van der Waals surface area (Å²) in [7, 11) is 0. The number of ether oxygens (including phenoxy) is 2. The summed E-state index contributed by atoms with van der Waals surface area (Å²) in [6.07, 6.45) is 2.51. The Morgan fingerprint density at radius 2 is 1.97 bits per heavy atom. The molecule has 1 aliphatic rings. The molecule has 2 aromatic heterocycles. The van der Waals surface area contributed by atoms with Crippen molar-refractivity contribution in [3.05, 3.63) is 94.1 Å². The number of hydrogen-bond donors (Lipinski definition) is 0. The highest BCUT2D eigenvalue weighted by Crippen LogP contribution is 2.34. The van der Waals surface area contributed by atoms with Gasteiger partial charge in [-0.05, 0) is 55.0 Å². The van der Waals surface area contributed by atoms with Crippen molar-refractivity contribution in [3.63, 3.8) is 0 Å². The van der Waals surface area contributed by atoms with Crippen molar-refractivity contribution in [2.45, 2.75) is 38.8 Å². The minimum atomic E-state index is -0.465. The van der Waals surface area contributed by atoms with E-state index in [1.54, 1.807) is 22.9 Å². The van der Waals surface area contributed by atoms with Crippen LogP contribution in [0.4, 0.5) is 4.39 Å². The molecular formula is C28H28FN3O3S. The maximum atomic E-state index is 14.6. The number of nitrogens with zero attached hydrogens (tertiary/aromatic N) is 3. The quantitative estimate of drug-likeness (QED) is 0.270. The monoisotopic (exact) mass is 505 g/mol. The van der Waals surface area contributed by atoms with Crippen LogP contribution in [0.2, 0.25) is 0 Å². The minimum Gasteiger partial charge on any atom is -0.435 e. The molecule has 3 heterocycles. The lowest BCUT2D eigenvalue weighted by Gasteiger charge is -2.25. The molecule has 4 aromatic rings. The Hall–Kier alpha value is -3.49. The summed E-state index contributed by atoms with van der Waals surface area (Å²) < 4.78 is 28.4. The number of thiophene rings is 1. The number of amides is 1. The van der Waals surface area contributed by atoms with Gasteiger partial charge in [-0.25, -0.2) is 9.07 Å². The fourth-order valence-electron chi connectivity index (χ4n) is 4.40. The lowest BCUT2D eigenvalue weighted by molar-refractivity contribution is 0.0509. The molecule has 1 saturated heterocycles. The Morgan fingerprint density at radius 1 is 1.17 bits per heavy atom. The maximum Gasteiger partial charge on any atom is 0.264 e. The largest absolute Gasteiger partial charge is 0.435 e. The summed E-state index contributed by atoms with van der Waals surface area (Å²) in [5.74, 6) is -0.0201. The molecule has 6 nitrogen and oxygen atoms in total. The predicted molar refractivity (Wildman–Crippen MR) is 137 cm³/mol. The third kappa shape index (κ3) is 5.20. The van der Waals surface area contributed by atoms with Gasteiger partial charge in [-0.2, -0.15) is 5.10 Å². The van der Waals surface area contributed by atoms with Crippen molar-refractivity contribution in [1.82, 2.24) is 14.7 Å². The van der Waals surface area contributed by atoms with Gasteiger partial charge in [-0.3, -0.25) is 4.79 Å². The molecule has 1 fully saturated rings. The normalized spacial score (nSPS) is 15.2. The Balaban J connectivity index is 1.58. The molecule has 1 unspecified atom stereocenters. The first kappa shape index (κ1) is 24.2. The molecule has 1 amide bonds. The summed E-state index contributed by atoms with van der Waals surface area (Å²) in [4.78, 5) is 16.0. The summed E-state index contributed by atoms with van der Waals surface area (Å²) in [5.41, 5.74) is 2.34. The van der Waals surface area contributed by atoms with Crippen LogP contribution in [0.5, 0.6) is 11.6 Å². The van der Waals surface area contributed by atoms with Gasteiger partial charge in [0.1, 0.15) is 0 Å². The molecule has 1 atom stereocenters. The van der Waals surface area contributed by atoms with Crippen molar-refractivity contribution in [2.24, 2.45) is 0 Å². The number of hydrogen-bond acceptors (Lipinski definition) is 5. The smallest absolute Gasteiger partial charge is 0.264 e. The number of aromatic nitrogens is 2. The number of carbonyl (C=O) groups excluding carboxylic acids is 1. The lowest BCUT2D eigenvalue weighted by Crippen LogP contribution is -2.36. The van der Waals surface area contributed by atoms with E-state index < -0.39 is 5.82 Å². The van der Waals surface area contributed by atoms with E-state index in [0.717, 1.165) is 29.8 Å². The van der Waals surface area contributed by atoms with Crippen LogP contribution < -0.4 is 4.74 Å². The molecule has 0 bridgehead atoms. The van der Waals surface area contributed by atoms with E-state index in [1.807, 2.05) is 59.7 Å². The van der Waals surface area contributed by atoms with Gasteiger partial charge in [-0.1, -0.05) is 43.3 Å². The standard InChI is InChI=1S/C28H28FN3O3S/c1-2-24-22(19-31(18-21-12-8-16-34-21)27(33)26-15-9-17-36-26)28(35-25-14-7-6-13-23(25)29)32(30-24)20-10-4-3-5-11-20/h3-7,9-11,13-15,17,21H,2,8,12,16,18-19H2,1H3. The molecule has 0 spiro atoms. The third-order valence-electron chi connectivity index (χ3n) is 6.21. The van der Waals surface area contributed by atoms with Crippen LogP contribution in [0.1, 0.15) is 40.7 Å². The average molecular weight is 506 g/mol. The summed E-state index contributed by atoms with van der Waals surface area (Å²) in [5, 5.41) is 6.73.